The van der Waals surface area contributed by atoms with Crippen molar-refractivity contribution in [3.63, 3.8) is 0 Å². The lowest BCUT2D eigenvalue weighted by Crippen LogP contribution is -2.16. The summed E-state index contributed by atoms with van der Waals surface area (Å²) in [5, 5.41) is 4.81. The zero-order valence-electron chi connectivity index (χ0n) is 26.4. The number of hydrogen-bond acceptors (Lipinski definition) is 2. The summed E-state index contributed by atoms with van der Waals surface area (Å²) in [6, 6.07) is 43.9. The lowest BCUT2D eigenvalue weighted by molar-refractivity contribution is 0.661. The van der Waals surface area contributed by atoms with Gasteiger partial charge in [-0.2, -0.15) is 0 Å². The van der Waals surface area contributed by atoms with Gasteiger partial charge in [-0.1, -0.05) is 105 Å². The molecule has 46 heavy (non-hydrogen) atoms. The van der Waals surface area contributed by atoms with Crippen molar-refractivity contribution in [3.8, 4) is 11.1 Å². The van der Waals surface area contributed by atoms with Gasteiger partial charge in [-0.15, -0.1) is 0 Å². The highest BCUT2D eigenvalue weighted by Crippen LogP contribution is 2.52. The molecule has 1 heterocycles. The van der Waals surface area contributed by atoms with Crippen LogP contribution in [0.1, 0.15) is 37.5 Å². The predicted molar refractivity (Wildman–Crippen MR) is 196 cm³/mol. The van der Waals surface area contributed by atoms with E-state index >= 15 is 0 Å². The zero-order chi connectivity index (χ0) is 31.4. The molecule has 2 heteroatoms. The molecule has 0 saturated heterocycles. The molecule has 0 radical (unpaired) electrons. The molecular weight excluding hydrogens is 558 g/mol. The number of para-hydroxylation sites is 1. The molecule has 0 N–H and O–H groups in total. The fourth-order valence-electron chi connectivity index (χ4n) is 7.13. The Hall–Kier alpha value is -5.60. The van der Waals surface area contributed by atoms with Gasteiger partial charge in [0.25, 0.3) is 0 Å². The van der Waals surface area contributed by atoms with Crippen LogP contribution in [-0.4, -0.2) is 0 Å². The van der Waals surface area contributed by atoms with E-state index in [0.29, 0.717) is 0 Å². The van der Waals surface area contributed by atoms with E-state index in [9.17, 15) is 0 Å². The fraction of sp³-hybridized carbons (Fsp3) is 0.0909. The zero-order valence-corrected chi connectivity index (χ0v) is 26.4. The van der Waals surface area contributed by atoms with Gasteiger partial charge in [0, 0.05) is 39.3 Å². The average Bonchev–Trinajstić information content (AvgIpc) is 3.56. The van der Waals surface area contributed by atoms with Gasteiger partial charge in [0.15, 0.2) is 0 Å². The van der Waals surface area contributed by atoms with Crippen LogP contribution in [0.5, 0.6) is 0 Å². The summed E-state index contributed by atoms with van der Waals surface area (Å²) in [5.74, 6) is 0. The topological polar surface area (TPSA) is 16.4 Å². The number of allylic oxidation sites excluding steroid dienone is 5. The standard InChI is InChI=1S/C44H35NO/c1-5-7-12-29(6-2)30-17-19-33(20-18-30)45(35-22-24-38-37-15-10-11-16-42(37)46-43(38)28-35)34-21-23-36-39-25-31-13-8-9-14-32(31)26-40(39)44(3,4)41(36)27-34/h5-28H,2H2,1,3-4H3/b7-5-,29-12+. The minimum absolute atomic E-state index is 0.140. The molecule has 0 aliphatic heterocycles. The quantitative estimate of drug-likeness (QED) is 0.178. The maximum absolute atomic E-state index is 6.35. The molecule has 0 fully saturated rings. The van der Waals surface area contributed by atoms with Crippen LogP contribution in [0.25, 0.3) is 49.4 Å². The number of anilines is 3. The van der Waals surface area contributed by atoms with Crippen molar-refractivity contribution in [2.24, 2.45) is 0 Å². The van der Waals surface area contributed by atoms with Gasteiger partial charge < -0.3 is 9.32 Å². The van der Waals surface area contributed by atoms with Crippen molar-refractivity contribution in [1.82, 2.24) is 0 Å². The number of rotatable bonds is 6. The molecule has 0 unspecified atom stereocenters. The minimum Gasteiger partial charge on any atom is -0.456 e. The van der Waals surface area contributed by atoms with Crippen LogP contribution >= 0.6 is 0 Å². The Morgan fingerprint density at radius 1 is 0.652 bits per heavy atom. The monoisotopic (exact) mass is 593 g/mol. The van der Waals surface area contributed by atoms with Gasteiger partial charge in [0.1, 0.15) is 11.2 Å². The van der Waals surface area contributed by atoms with E-state index < -0.39 is 0 Å². The highest BCUT2D eigenvalue weighted by atomic mass is 16.3. The van der Waals surface area contributed by atoms with E-state index in [0.717, 1.165) is 50.1 Å². The third-order valence-corrected chi connectivity index (χ3v) is 9.55. The van der Waals surface area contributed by atoms with Crippen molar-refractivity contribution >= 4 is 55.3 Å². The van der Waals surface area contributed by atoms with Gasteiger partial charge in [0.05, 0.1) is 0 Å². The molecule has 0 atom stereocenters. The summed E-state index contributed by atoms with van der Waals surface area (Å²) in [4.78, 5) is 2.34. The Kier molecular flexibility index (Phi) is 6.54. The van der Waals surface area contributed by atoms with Crippen molar-refractivity contribution in [2.45, 2.75) is 26.2 Å². The lowest BCUT2D eigenvalue weighted by atomic mass is 9.81. The summed E-state index contributed by atoms with van der Waals surface area (Å²) in [5.41, 5.74) is 12.4. The Morgan fingerprint density at radius 3 is 2.09 bits per heavy atom. The smallest absolute Gasteiger partial charge is 0.137 e. The van der Waals surface area contributed by atoms with E-state index in [2.05, 4.69) is 141 Å². The molecule has 0 bridgehead atoms. The minimum atomic E-state index is -0.140. The second kappa shape index (κ2) is 10.8. The number of benzene rings is 6. The first-order valence-electron chi connectivity index (χ1n) is 15.9. The first-order valence-corrected chi connectivity index (χ1v) is 15.9. The number of hydrogen-bond donors (Lipinski definition) is 0. The summed E-state index contributed by atoms with van der Waals surface area (Å²) in [6.07, 6.45) is 8.09. The van der Waals surface area contributed by atoms with Crippen LogP contribution in [0, 0.1) is 0 Å². The average molecular weight is 594 g/mol. The highest BCUT2D eigenvalue weighted by Gasteiger charge is 2.36. The van der Waals surface area contributed by atoms with Crippen LogP contribution < -0.4 is 4.90 Å². The van der Waals surface area contributed by atoms with Crippen molar-refractivity contribution in [2.75, 3.05) is 4.90 Å². The maximum Gasteiger partial charge on any atom is 0.137 e. The summed E-state index contributed by atoms with van der Waals surface area (Å²) >= 11 is 0. The maximum atomic E-state index is 6.35. The molecule has 7 aromatic rings. The summed E-state index contributed by atoms with van der Waals surface area (Å²) < 4.78 is 6.35. The molecule has 1 aliphatic carbocycles. The van der Waals surface area contributed by atoms with Gasteiger partial charge in [-0.05, 0) is 106 Å². The molecule has 222 valence electrons. The molecule has 0 spiro atoms. The number of fused-ring (bicyclic) bond motifs is 7. The number of furan rings is 1. The van der Waals surface area contributed by atoms with Crippen LogP contribution in [0.2, 0.25) is 0 Å². The van der Waals surface area contributed by atoms with Crippen LogP contribution in [0.3, 0.4) is 0 Å². The van der Waals surface area contributed by atoms with E-state index in [-0.39, 0.29) is 5.41 Å². The Balaban J connectivity index is 1.29. The highest BCUT2D eigenvalue weighted by molar-refractivity contribution is 6.06. The molecule has 0 amide bonds. The fourth-order valence-corrected chi connectivity index (χ4v) is 7.13. The van der Waals surface area contributed by atoms with E-state index in [1.54, 1.807) is 0 Å². The van der Waals surface area contributed by atoms with Gasteiger partial charge in [-0.3, -0.25) is 0 Å². The predicted octanol–water partition coefficient (Wildman–Crippen LogP) is 12.7. The Bertz CT molecular complexity index is 2360. The van der Waals surface area contributed by atoms with Crippen molar-refractivity contribution in [1.29, 1.82) is 0 Å². The van der Waals surface area contributed by atoms with Gasteiger partial charge >= 0.3 is 0 Å². The molecule has 1 aliphatic rings. The van der Waals surface area contributed by atoms with Gasteiger partial charge in [0.2, 0.25) is 0 Å². The van der Waals surface area contributed by atoms with Gasteiger partial charge in [-0.25, -0.2) is 0 Å². The molecule has 8 rings (SSSR count). The summed E-state index contributed by atoms with van der Waals surface area (Å²) in [6.45, 7) is 10.8. The molecule has 0 saturated carbocycles. The van der Waals surface area contributed by atoms with Crippen molar-refractivity contribution in [3.05, 3.63) is 169 Å². The second-order valence-electron chi connectivity index (χ2n) is 12.6. The number of nitrogens with zero attached hydrogens (tertiary/aromatic N) is 1. The Morgan fingerprint density at radius 2 is 1.30 bits per heavy atom. The third kappa shape index (κ3) is 4.41. The van der Waals surface area contributed by atoms with Crippen LogP contribution in [0.4, 0.5) is 17.1 Å². The van der Waals surface area contributed by atoms with E-state index in [1.165, 1.54) is 33.0 Å². The largest absolute Gasteiger partial charge is 0.456 e. The Labute approximate surface area is 270 Å². The second-order valence-corrected chi connectivity index (χ2v) is 12.6. The van der Waals surface area contributed by atoms with Crippen molar-refractivity contribution < 1.29 is 4.42 Å². The third-order valence-electron chi connectivity index (χ3n) is 9.55. The molecule has 6 aromatic carbocycles. The van der Waals surface area contributed by atoms with E-state index in [1.807, 2.05) is 37.3 Å². The first-order chi connectivity index (χ1) is 22.5. The molecule has 1 aromatic heterocycles. The molecular formula is C44H35NO. The SMILES string of the molecule is C=C/C(=C\C=C/C)c1ccc(N(c2ccc3c(c2)C(C)(C)c2cc4ccccc4cc2-3)c2ccc3c(c2)oc2ccccc23)cc1. The van der Waals surface area contributed by atoms with E-state index in [4.69, 9.17) is 4.42 Å². The first kappa shape index (κ1) is 27.9. The molecule has 2 nitrogen and oxygen atoms in total. The summed E-state index contributed by atoms with van der Waals surface area (Å²) in [7, 11) is 0. The normalized spacial score (nSPS) is 13.8. The van der Waals surface area contributed by atoms with Crippen LogP contribution in [-0.2, 0) is 5.41 Å². The van der Waals surface area contributed by atoms with Crippen LogP contribution in [0.15, 0.2) is 157 Å². The lowest BCUT2D eigenvalue weighted by Gasteiger charge is -2.28.